The van der Waals surface area contributed by atoms with Crippen LogP contribution in [0.4, 0.5) is 0 Å². The highest BCUT2D eigenvalue weighted by molar-refractivity contribution is 5.94. The number of H-pyrrole nitrogens is 1. The summed E-state index contributed by atoms with van der Waals surface area (Å²) in [5.41, 5.74) is 18.0. The van der Waals surface area contributed by atoms with E-state index in [0.717, 1.165) is 16.5 Å². The number of nitrogens with one attached hydrogen (secondary N) is 4. The lowest BCUT2D eigenvalue weighted by molar-refractivity contribution is -0.142. The van der Waals surface area contributed by atoms with Gasteiger partial charge in [0.25, 0.3) is 0 Å². The summed E-state index contributed by atoms with van der Waals surface area (Å²) in [7, 11) is 0. The van der Waals surface area contributed by atoms with E-state index in [1.807, 2.05) is 31.2 Å². The third-order valence-corrected chi connectivity index (χ3v) is 6.50. The third-order valence-electron chi connectivity index (χ3n) is 6.50. The van der Waals surface area contributed by atoms with E-state index in [4.69, 9.17) is 17.2 Å². The van der Waals surface area contributed by atoms with Gasteiger partial charge >= 0.3 is 5.97 Å². The highest BCUT2D eigenvalue weighted by Crippen LogP contribution is 2.19. The molecule has 11 N–H and O–H groups in total. The molecule has 13 heteroatoms. The van der Waals surface area contributed by atoms with Crippen LogP contribution in [0.5, 0.6) is 0 Å². The number of hydrogen-bond acceptors (Lipinski definition) is 6. The minimum atomic E-state index is -1.25. The van der Waals surface area contributed by atoms with Gasteiger partial charge in [-0.2, -0.15) is 0 Å². The fraction of sp³-hybridized carbons (Fsp3) is 0.500. The predicted octanol–water partition coefficient (Wildman–Crippen LogP) is -0.304. The van der Waals surface area contributed by atoms with Gasteiger partial charge in [-0.15, -0.1) is 0 Å². The summed E-state index contributed by atoms with van der Waals surface area (Å²) in [5, 5.41) is 18.6. The highest BCUT2D eigenvalue weighted by atomic mass is 16.4. The number of guanidine groups is 1. The van der Waals surface area contributed by atoms with Crippen LogP contribution in [0.2, 0.25) is 0 Å². The van der Waals surface area contributed by atoms with Crippen LogP contribution >= 0.6 is 0 Å². The van der Waals surface area contributed by atoms with E-state index in [-0.39, 0.29) is 31.3 Å². The summed E-state index contributed by atoms with van der Waals surface area (Å²) in [4.78, 5) is 57.9. The van der Waals surface area contributed by atoms with Crippen molar-refractivity contribution in [3.8, 4) is 0 Å². The second-order valence-corrected chi connectivity index (χ2v) is 9.63. The van der Waals surface area contributed by atoms with Crippen LogP contribution in [0, 0.1) is 5.92 Å². The van der Waals surface area contributed by atoms with Crippen molar-refractivity contribution in [2.75, 3.05) is 6.54 Å². The maximum atomic E-state index is 13.3. The van der Waals surface area contributed by atoms with Gasteiger partial charge in [0, 0.05) is 30.1 Å². The van der Waals surface area contributed by atoms with Crippen molar-refractivity contribution in [2.24, 2.45) is 28.1 Å². The van der Waals surface area contributed by atoms with Crippen molar-refractivity contribution >= 4 is 40.6 Å². The number of carboxylic acid groups (broad SMARTS) is 1. The van der Waals surface area contributed by atoms with Crippen LogP contribution in [0.1, 0.15) is 45.6 Å². The van der Waals surface area contributed by atoms with E-state index in [0.29, 0.717) is 12.8 Å². The summed E-state index contributed by atoms with van der Waals surface area (Å²) < 4.78 is 0. The number of carboxylic acids is 1. The zero-order chi connectivity index (χ0) is 29.1. The summed E-state index contributed by atoms with van der Waals surface area (Å²) in [5.74, 6) is -3.35. The van der Waals surface area contributed by atoms with Gasteiger partial charge in [0.2, 0.25) is 17.7 Å². The average Bonchev–Trinajstić information content (AvgIpc) is 3.30. The molecule has 3 amide bonds. The Morgan fingerprint density at radius 3 is 2.28 bits per heavy atom. The van der Waals surface area contributed by atoms with Crippen LogP contribution < -0.4 is 33.2 Å². The summed E-state index contributed by atoms with van der Waals surface area (Å²) in [6.07, 6.45) is 2.77. The summed E-state index contributed by atoms with van der Waals surface area (Å²) >= 11 is 0. The number of aliphatic carboxylic acids is 1. The fourth-order valence-electron chi connectivity index (χ4n) is 4.01. The van der Waals surface area contributed by atoms with Crippen LogP contribution in [-0.2, 0) is 25.6 Å². The molecule has 0 bridgehead atoms. The maximum Gasteiger partial charge on any atom is 0.326 e. The van der Waals surface area contributed by atoms with Crippen molar-refractivity contribution in [3.63, 3.8) is 0 Å². The molecular formula is C26H40N8O5. The lowest BCUT2D eigenvalue weighted by atomic mass is 9.97. The Morgan fingerprint density at radius 1 is 1.00 bits per heavy atom. The van der Waals surface area contributed by atoms with Gasteiger partial charge in [0.05, 0.1) is 6.04 Å². The zero-order valence-corrected chi connectivity index (χ0v) is 22.6. The number of rotatable bonds is 15. The van der Waals surface area contributed by atoms with Gasteiger partial charge in [0.1, 0.15) is 18.1 Å². The Labute approximate surface area is 227 Å². The molecule has 0 radical (unpaired) electrons. The Kier molecular flexibility index (Phi) is 11.7. The van der Waals surface area contributed by atoms with Gasteiger partial charge in [0.15, 0.2) is 5.96 Å². The Balaban J connectivity index is 2.23. The quantitative estimate of drug-likeness (QED) is 0.0840. The molecule has 0 saturated carbocycles. The molecule has 0 aliphatic heterocycles. The van der Waals surface area contributed by atoms with E-state index >= 15 is 0 Å². The normalized spacial score (nSPS) is 14.9. The SMILES string of the molecule is CCC(C)C(NC(=O)C(C)N)C(=O)NC(CCCN=C(N)N)C(=O)NC(Cc1c[nH]c2ccccc12)C(=O)O. The highest BCUT2D eigenvalue weighted by Gasteiger charge is 2.32. The number of carbonyl (C=O) groups is 4. The monoisotopic (exact) mass is 544 g/mol. The van der Waals surface area contributed by atoms with Crippen LogP contribution in [0.3, 0.4) is 0 Å². The molecule has 2 aromatic rings. The first-order chi connectivity index (χ1) is 18.4. The molecule has 0 aliphatic carbocycles. The van der Waals surface area contributed by atoms with E-state index in [1.165, 1.54) is 6.92 Å². The first kappa shape index (κ1) is 31.1. The molecule has 0 saturated heterocycles. The average molecular weight is 545 g/mol. The number of para-hydroxylation sites is 1. The molecule has 214 valence electrons. The molecule has 2 rings (SSSR count). The van der Waals surface area contributed by atoms with Gasteiger partial charge < -0.3 is 43.2 Å². The number of fused-ring (bicyclic) bond motifs is 1. The van der Waals surface area contributed by atoms with E-state index < -0.39 is 47.9 Å². The molecule has 5 unspecified atom stereocenters. The van der Waals surface area contributed by atoms with Crippen molar-refractivity contribution in [2.45, 2.75) is 70.6 Å². The van der Waals surface area contributed by atoms with Crippen molar-refractivity contribution in [3.05, 3.63) is 36.0 Å². The van der Waals surface area contributed by atoms with E-state index in [1.54, 1.807) is 13.1 Å². The zero-order valence-electron chi connectivity index (χ0n) is 22.6. The second kappa shape index (κ2) is 14.7. The second-order valence-electron chi connectivity index (χ2n) is 9.63. The Hall–Kier alpha value is -4.13. The molecule has 0 aliphatic rings. The number of aromatic nitrogens is 1. The number of aromatic amines is 1. The Morgan fingerprint density at radius 2 is 1.67 bits per heavy atom. The van der Waals surface area contributed by atoms with Crippen LogP contribution in [0.15, 0.2) is 35.5 Å². The minimum Gasteiger partial charge on any atom is -0.480 e. The lowest BCUT2D eigenvalue weighted by Crippen LogP contribution is -2.58. The first-order valence-electron chi connectivity index (χ1n) is 12.9. The van der Waals surface area contributed by atoms with E-state index in [2.05, 4.69) is 25.9 Å². The standard InChI is InChI=1S/C26H40N8O5/c1-4-14(2)21(34-22(35)15(3)27)24(37)32-19(10-7-11-30-26(28)29)23(36)33-20(25(38)39)12-16-13-31-18-9-6-5-8-17(16)18/h5-6,8-9,13-15,19-21,31H,4,7,10-12,27H2,1-3H3,(H,32,37)(H,33,36)(H,34,35)(H,38,39)(H4,28,29,30). The number of benzene rings is 1. The van der Waals surface area contributed by atoms with Gasteiger partial charge in [-0.05, 0) is 37.3 Å². The molecule has 13 nitrogen and oxygen atoms in total. The smallest absolute Gasteiger partial charge is 0.326 e. The number of nitrogens with two attached hydrogens (primary N) is 3. The van der Waals surface area contributed by atoms with E-state index in [9.17, 15) is 24.3 Å². The molecule has 5 atom stereocenters. The molecule has 0 fully saturated rings. The minimum absolute atomic E-state index is 0.0275. The maximum absolute atomic E-state index is 13.3. The number of aliphatic imine (C=N–C) groups is 1. The largest absolute Gasteiger partial charge is 0.480 e. The number of nitrogens with zero attached hydrogens (tertiary/aromatic N) is 1. The van der Waals surface area contributed by atoms with Crippen molar-refractivity contribution in [1.29, 1.82) is 0 Å². The lowest BCUT2D eigenvalue weighted by Gasteiger charge is -2.27. The van der Waals surface area contributed by atoms with Crippen molar-refractivity contribution < 1.29 is 24.3 Å². The molecule has 1 aromatic heterocycles. The molecule has 39 heavy (non-hydrogen) atoms. The summed E-state index contributed by atoms with van der Waals surface area (Å²) in [6, 6.07) is 3.30. The molecular weight excluding hydrogens is 504 g/mol. The summed E-state index contributed by atoms with van der Waals surface area (Å²) in [6.45, 7) is 5.36. The predicted molar refractivity (Wildman–Crippen MR) is 148 cm³/mol. The van der Waals surface area contributed by atoms with Gasteiger partial charge in [-0.3, -0.25) is 19.4 Å². The molecule has 0 spiro atoms. The first-order valence-corrected chi connectivity index (χ1v) is 12.9. The van der Waals surface area contributed by atoms with Crippen molar-refractivity contribution in [1.82, 2.24) is 20.9 Å². The van der Waals surface area contributed by atoms with Gasteiger partial charge in [-0.25, -0.2) is 4.79 Å². The number of amides is 3. The van der Waals surface area contributed by atoms with Crippen LogP contribution in [-0.4, -0.2) is 70.5 Å². The molecule has 1 heterocycles. The Bertz CT molecular complexity index is 1170. The fourth-order valence-corrected chi connectivity index (χ4v) is 4.01. The number of carbonyl (C=O) groups excluding carboxylic acids is 3. The molecule has 1 aromatic carbocycles. The van der Waals surface area contributed by atoms with Gasteiger partial charge in [-0.1, -0.05) is 38.5 Å². The van der Waals surface area contributed by atoms with Crippen LogP contribution in [0.25, 0.3) is 10.9 Å². The topological polar surface area (TPSA) is 231 Å². The third kappa shape index (κ3) is 9.28. The number of hydrogen-bond donors (Lipinski definition) is 8.